The number of carbonyl (C=O) groups is 1. The van der Waals surface area contributed by atoms with E-state index in [1.54, 1.807) is 24.5 Å². The maximum absolute atomic E-state index is 12.3. The highest BCUT2D eigenvalue weighted by Gasteiger charge is 2.37. The van der Waals surface area contributed by atoms with E-state index >= 15 is 0 Å². The lowest BCUT2D eigenvalue weighted by atomic mass is 10.0. The number of rotatable bonds is 10. The quantitative estimate of drug-likeness (QED) is 0.438. The van der Waals surface area contributed by atoms with E-state index in [2.05, 4.69) is 16.8 Å². The molecule has 2 heterocycles. The average Bonchev–Trinajstić information content (AvgIpc) is 3.34. The van der Waals surface area contributed by atoms with Gasteiger partial charge in [-0.3, -0.25) is 9.69 Å². The van der Waals surface area contributed by atoms with Crippen LogP contribution in [0.3, 0.4) is 0 Å². The molecule has 0 bridgehead atoms. The summed E-state index contributed by atoms with van der Waals surface area (Å²) in [5.41, 5.74) is 2.11. The number of aryl methyl sites for hydroxylation is 2. The molecule has 3 aromatic rings. The third kappa shape index (κ3) is 7.26. The molecule has 1 aliphatic rings. The van der Waals surface area contributed by atoms with Crippen LogP contribution in [0.4, 0.5) is 0 Å². The van der Waals surface area contributed by atoms with Crippen LogP contribution in [0.1, 0.15) is 23.6 Å². The molecule has 0 spiro atoms. The normalized spacial score (nSPS) is 18.2. The number of carbonyl (C=O) groups excluding carboxylic acids is 1. The van der Waals surface area contributed by atoms with Crippen LogP contribution in [-0.2, 0) is 17.9 Å². The molecule has 2 aromatic carbocycles. The largest absolute Gasteiger partial charge is 0.493 e. The van der Waals surface area contributed by atoms with Gasteiger partial charge in [0.15, 0.2) is 11.5 Å². The fourth-order valence-corrected chi connectivity index (χ4v) is 4.63. The van der Waals surface area contributed by atoms with Gasteiger partial charge in [-0.1, -0.05) is 12.1 Å². The van der Waals surface area contributed by atoms with Crippen molar-refractivity contribution in [1.82, 2.24) is 19.4 Å². The summed E-state index contributed by atoms with van der Waals surface area (Å²) >= 11 is 0. The van der Waals surface area contributed by atoms with E-state index in [-0.39, 0.29) is 19.1 Å². The molecule has 204 valence electrons. The van der Waals surface area contributed by atoms with E-state index in [0.717, 1.165) is 11.1 Å². The van der Waals surface area contributed by atoms with Crippen LogP contribution in [0.5, 0.6) is 17.2 Å². The zero-order valence-corrected chi connectivity index (χ0v) is 22.7. The lowest BCUT2D eigenvalue weighted by Gasteiger charge is -2.33. The van der Waals surface area contributed by atoms with Gasteiger partial charge >= 0.3 is 0 Å². The first-order chi connectivity index (χ1) is 18.2. The summed E-state index contributed by atoms with van der Waals surface area (Å²) in [6.45, 7) is 9.19. The molecule has 1 amide bonds. The monoisotopic (exact) mass is 522 g/mol. The molecule has 1 N–H and O–H groups in total. The number of benzene rings is 2. The summed E-state index contributed by atoms with van der Waals surface area (Å²) in [5, 5.41) is 11.6. The van der Waals surface area contributed by atoms with Crippen LogP contribution < -0.4 is 14.2 Å². The summed E-state index contributed by atoms with van der Waals surface area (Å²) in [6, 6.07) is 11.8. The summed E-state index contributed by atoms with van der Waals surface area (Å²) in [6.07, 6.45) is 5.39. The lowest BCUT2D eigenvalue weighted by Crippen LogP contribution is -2.51. The topological polar surface area (TPSA) is 89.3 Å². The highest BCUT2D eigenvalue weighted by Crippen LogP contribution is 2.29. The average molecular weight is 523 g/mol. The summed E-state index contributed by atoms with van der Waals surface area (Å²) in [7, 11) is 1.62. The number of imidazole rings is 1. The molecule has 0 unspecified atom stereocenters. The Hall–Kier alpha value is -3.56. The second kappa shape index (κ2) is 12.3. The minimum atomic E-state index is -1.22. The van der Waals surface area contributed by atoms with Crippen molar-refractivity contribution in [3.05, 3.63) is 71.8 Å². The standard InChI is InChI=1S/C29H38N4O5/c1-22-5-7-26(15-23(22)2)38-20-29(35)18-32(11-12-33(19-29)24(3)34)17-25-6-8-27(36-4)28(16-25)37-14-13-31-10-9-30-21-31/h5-10,15-16,21,35H,11-14,17-20H2,1-4H3/t29-/m1/s1. The van der Waals surface area contributed by atoms with E-state index in [4.69, 9.17) is 14.2 Å². The summed E-state index contributed by atoms with van der Waals surface area (Å²) < 4.78 is 19.5. The molecule has 1 aliphatic heterocycles. The molecular weight excluding hydrogens is 484 g/mol. The number of aliphatic hydroxyl groups is 1. The zero-order valence-electron chi connectivity index (χ0n) is 22.7. The van der Waals surface area contributed by atoms with Crippen molar-refractivity contribution in [3.63, 3.8) is 0 Å². The number of hydrogen-bond donors (Lipinski definition) is 1. The zero-order chi connectivity index (χ0) is 27.1. The first kappa shape index (κ1) is 27.5. The molecule has 9 nitrogen and oxygen atoms in total. The van der Waals surface area contributed by atoms with Gasteiger partial charge < -0.3 is 28.8 Å². The summed E-state index contributed by atoms with van der Waals surface area (Å²) in [5.74, 6) is 1.98. The van der Waals surface area contributed by atoms with Crippen molar-refractivity contribution >= 4 is 5.91 Å². The first-order valence-electron chi connectivity index (χ1n) is 12.9. The maximum Gasteiger partial charge on any atom is 0.219 e. The van der Waals surface area contributed by atoms with E-state index in [0.29, 0.717) is 56.6 Å². The Morgan fingerprint density at radius 1 is 1.05 bits per heavy atom. The van der Waals surface area contributed by atoms with Crippen molar-refractivity contribution < 1.29 is 24.1 Å². The maximum atomic E-state index is 12.3. The molecular formula is C29H38N4O5. The van der Waals surface area contributed by atoms with Crippen molar-refractivity contribution in [3.8, 4) is 17.2 Å². The van der Waals surface area contributed by atoms with E-state index < -0.39 is 5.60 Å². The summed E-state index contributed by atoms with van der Waals surface area (Å²) in [4.78, 5) is 20.2. The van der Waals surface area contributed by atoms with Gasteiger partial charge in [-0.2, -0.15) is 0 Å². The Balaban J connectivity index is 1.45. The Morgan fingerprint density at radius 2 is 1.89 bits per heavy atom. The van der Waals surface area contributed by atoms with Crippen molar-refractivity contribution in [2.75, 3.05) is 46.5 Å². The second-order valence-electron chi connectivity index (χ2n) is 10.0. The third-order valence-electron chi connectivity index (χ3n) is 6.92. The minimum Gasteiger partial charge on any atom is -0.493 e. The molecule has 0 aliphatic carbocycles. The SMILES string of the molecule is COc1ccc(CN2CCN(C(C)=O)C[C@@](O)(COc3ccc(C)c(C)c3)C2)cc1OCCn1ccnc1. The second-order valence-corrected chi connectivity index (χ2v) is 10.0. The molecule has 38 heavy (non-hydrogen) atoms. The van der Waals surface area contributed by atoms with Crippen LogP contribution in [0.15, 0.2) is 55.1 Å². The predicted octanol–water partition coefficient (Wildman–Crippen LogP) is 3.06. The number of amides is 1. The molecule has 4 rings (SSSR count). The lowest BCUT2D eigenvalue weighted by molar-refractivity contribution is -0.132. The van der Waals surface area contributed by atoms with Gasteiger partial charge in [0.25, 0.3) is 0 Å². The number of methoxy groups -OCH3 is 1. The molecule has 1 aromatic heterocycles. The smallest absolute Gasteiger partial charge is 0.219 e. The molecule has 1 saturated heterocycles. The fraction of sp³-hybridized carbons (Fsp3) is 0.448. The van der Waals surface area contributed by atoms with Gasteiger partial charge in [0.2, 0.25) is 5.91 Å². The molecule has 1 fully saturated rings. The van der Waals surface area contributed by atoms with Crippen LogP contribution >= 0.6 is 0 Å². The molecule has 0 saturated carbocycles. The van der Waals surface area contributed by atoms with Gasteiger partial charge in [-0.25, -0.2) is 4.98 Å². The van der Waals surface area contributed by atoms with Gasteiger partial charge in [-0.05, 0) is 54.8 Å². The Kier molecular flexibility index (Phi) is 8.91. The Labute approximate surface area is 224 Å². The number of nitrogens with zero attached hydrogens (tertiary/aromatic N) is 4. The van der Waals surface area contributed by atoms with Crippen LogP contribution in [-0.4, -0.2) is 82.5 Å². The van der Waals surface area contributed by atoms with E-state index in [9.17, 15) is 9.90 Å². The van der Waals surface area contributed by atoms with Gasteiger partial charge in [0.05, 0.1) is 26.5 Å². The van der Waals surface area contributed by atoms with Crippen molar-refractivity contribution in [1.29, 1.82) is 0 Å². The van der Waals surface area contributed by atoms with Gasteiger partial charge in [-0.15, -0.1) is 0 Å². The van der Waals surface area contributed by atoms with E-state index in [1.165, 1.54) is 12.5 Å². The van der Waals surface area contributed by atoms with Crippen LogP contribution in [0, 0.1) is 13.8 Å². The highest BCUT2D eigenvalue weighted by molar-refractivity contribution is 5.73. The number of β-amino-alcohol motifs (C(OH)–C–C–N with tert-alkyl or cyclic N) is 1. The van der Waals surface area contributed by atoms with Crippen molar-refractivity contribution in [2.24, 2.45) is 0 Å². The van der Waals surface area contributed by atoms with Crippen LogP contribution in [0.25, 0.3) is 0 Å². The number of hydrogen-bond acceptors (Lipinski definition) is 7. The first-order valence-corrected chi connectivity index (χ1v) is 12.9. The predicted molar refractivity (Wildman–Crippen MR) is 145 cm³/mol. The van der Waals surface area contributed by atoms with Gasteiger partial charge in [0, 0.05) is 45.5 Å². The minimum absolute atomic E-state index is 0.0607. The highest BCUT2D eigenvalue weighted by atomic mass is 16.5. The third-order valence-corrected chi connectivity index (χ3v) is 6.92. The number of aromatic nitrogens is 2. The fourth-order valence-electron chi connectivity index (χ4n) is 4.63. The Bertz CT molecular complexity index is 1220. The Morgan fingerprint density at radius 3 is 2.61 bits per heavy atom. The molecule has 9 heteroatoms. The van der Waals surface area contributed by atoms with Crippen LogP contribution in [0.2, 0.25) is 0 Å². The molecule has 1 atom stereocenters. The van der Waals surface area contributed by atoms with Crippen molar-refractivity contribution in [2.45, 2.75) is 39.5 Å². The number of ether oxygens (including phenoxy) is 3. The van der Waals surface area contributed by atoms with Gasteiger partial charge in [0.1, 0.15) is 24.6 Å². The molecule has 0 radical (unpaired) electrons. The van der Waals surface area contributed by atoms with E-state index in [1.807, 2.05) is 54.1 Å².